The summed E-state index contributed by atoms with van der Waals surface area (Å²) in [6.45, 7) is 1.63. The molecule has 2 aliphatic heterocycles. The first-order chi connectivity index (χ1) is 14.7. The van der Waals surface area contributed by atoms with Gasteiger partial charge in [-0.25, -0.2) is 0 Å². The average Bonchev–Trinajstić information content (AvgIpc) is 3.50. The number of aromatic hydroxyl groups is 1. The number of rotatable bonds is 5. The van der Waals surface area contributed by atoms with E-state index in [1.165, 1.54) is 0 Å². The minimum Gasteiger partial charge on any atom is -0.506 e. The van der Waals surface area contributed by atoms with Gasteiger partial charge in [0.15, 0.2) is 5.11 Å². The van der Waals surface area contributed by atoms with Crippen molar-refractivity contribution in [1.82, 2.24) is 14.9 Å². The summed E-state index contributed by atoms with van der Waals surface area (Å²) in [5.74, 6) is 0.200. The maximum absolute atomic E-state index is 10.6. The van der Waals surface area contributed by atoms with Gasteiger partial charge in [-0.2, -0.15) is 0 Å². The molecule has 5 rings (SSSR count). The fraction of sp³-hybridized carbons (Fsp3) is 0.304. The smallest absolute Gasteiger partial charge is 0.174 e. The Balaban J connectivity index is 1.59. The molecule has 0 unspecified atom stereocenters. The molecule has 2 N–H and O–H groups in total. The summed E-state index contributed by atoms with van der Waals surface area (Å²) in [6.07, 6.45) is 6.30. The van der Waals surface area contributed by atoms with Gasteiger partial charge in [0.2, 0.25) is 0 Å². The van der Waals surface area contributed by atoms with Crippen LogP contribution in [0.15, 0.2) is 67.0 Å². The molecule has 4 heterocycles. The van der Waals surface area contributed by atoms with Crippen LogP contribution in [-0.2, 0) is 11.3 Å². The third kappa shape index (κ3) is 3.44. The monoisotopic (exact) mass is 420 g/mol. The number of thiocarbonyl (C=S) groups is 1. The Bertz CT molecular complexity index is 1030. The van der Waals surface area contributed by atoms with E-state index in [9.17, 15) is 5.11 Å². The molecule has 2 aromatic heterocycles. The lowest BCUT2D eigenvalue weighted by Gasteiger charge is -2.29. The van der Waals surface area contributed by atoms with Crippen LogP contribution in [0.5, 0.6) is 5.75 Å². The lowest BCUT2D eigenvalue weighted by atomic mass is 10.0. The molecule has 0 bridgehead atoms. The van der Waals surface area contributed by atoms with Gasteiger partial charge in [0, 0.05) is 31.2 Å². The Morgan fingerprint density at radius 1 is 1.13 bits per heavy atom. The van der Waals surface area contributed by atoms with E-state index >= 15 is 0 Å². The van der Waals surface area contributed by atoms with Gasteiger partial charge in [-0.05, 0) is 61.5 Å². The Labute approximate surface area is 181 Å². The summed E-state index contributed by atoms with van der Waals surface area (Å²) in [7, 11) is 0. The number of para-hydroxylation sites is 2. The van der Waals surface area contributed by atoms with Crippen molar-refractivity contribution in [3.8, 4) is 5.75 Å². The van der Waals surface area contributed by atoms with E-state index in [1.54, 1.807) is 12.3 Å². The number of phenols is 1. The number of hydrogen-bond donors (Lipinski definition) is 2. The highest BCUT2D eigenvalue weighted by atomic mass is 32.1. The number of nitrogens with one attached hydrogen (secondary N) is 1. The first-order valence-electron chi connectivity index (χ1n) is 10.3. The zero-order valence-electron chi connectivity index (χ0n) is 16.5. The van der Waals surface area contributed by atoms with Crippen molar-refractivity contribution in [2.24, 2.45) is 0 Å². The summed E-state index contributed by atoms with van der Waals surface area (Å²) >= 11 is 5.74. The fourth-order valence-electron chi connectivity index (χ4n) is 4.45. The second-order valence-electron chi connectivity index (χ2n) is 7.71. The zero-order chi connectivity index (χ0) is 20.5. The predicted molar refractivity (Wildman–Crippen MR) is 119 cm³/mol. The Hall–Kier alpha value is -2.90. The molecular formula is C23H24N4O2S. The molecule has 2 saturated heterocycles. The molecule has 3 aromatic rings. The van der Waals surface area contributed by atoms with Gasteiger partial charge >= 0.3 is 0 Å². The number of benzene rings is 1. The summed E-state index contributed by atoms with van der Waals surface area (Å²) in [6, 6.07) is 17.1. The highest BCUT2D eigenvalue weighted by molar-refractivity contribution is 7.80. The van der Waals surface area contributed by atoms with E-state index in [1.807, 2.05) is 41.3 Å². The van der Waals surface area contributed by atoms with Gasteiger partial charge < -0.3 is 24.6 Å². The van der Waals surface area contributed by atoms with Crippen molar-refractivity contribution in [1.29, 1.82) is 0 Å². The third-order valence-electron chi connectivity index (χ3n) is 5.83. The molecule has 2 fully saturated rings. The minimum atomic E-state index is -0.155. The molecule has 30 heavy (non-hydrogen) atoms. The first kappa shape index (κ1) is 19.1. The molecule has 2 aliphatic rings. The lowest BCUT2D eigenvalue weighted by molar-refractivity contribution is 0.0961. The summed E-state index contributed by atoms with van der Waals surface area (Å²) in [5, 5.41) is 14.6. The van der Waals surface area contributed by atoms with Crippen LogP contribution in [0.3, 0.4) is 0 Å². The lowest BCUT2D eigenvalue weighted by Crippen LogP contribution is -2.31. The first-order valence-corrected chi connectivity index (χ1v) is 10.7. The molecule has 0 amide bonds. The Morgan fingerprint density at radius 3 is 2.77 bits per heavy atom. The van der Waals surface area contributed by atoms with Crippen molar-refractivity contribution >= 4 is 23.0 Å². The molecule has 154 valence electrons. The van der Waals surface area contributed by atoms with Gasteiger partial charge in [-0.15, -0.1) is 0 Å². The van der Waals surface area contributed by atoms with E-state index in [-0.39, 0.29) is 23.9 Å². The van der Waals surface area contributed by atoms with Crippen LogP contribution in [0, 0.1) is 0 Å². The number of phenolic OH excluding ortho intramolecular Hbond substituents is 1. The molecule has 7 heteroatoms. The topological polar surface area (TPSA) is 62.5 Å². The van der Waals surface area contributed by atoms with Crippen LogP contribution in [0.4, 0.5) is 5.69 Å². The van der Waals surface area contributed by atoms with E-state index < -0.39 is 0 Å². The van der Waals surface area contributed by atoms with Gasteiger partial charge in [0.05, 0.1) is 23.5 Å². The highest BCUT2D eigenvalue weighted by Gasteiger charge is 2.43. The SMILES string of the molecule is Oc1ccccc1N1C(=S)N[C@H](c2ccccn2)[C@H]1c1cccn1C[C@H]1CCCO1. The van der Waals surface area contributed by atoms with Gasteiger partial charge in [0.25, 0.3) is 0 Å². The van der Waals surface area contributed by atoms with E-state index in [0.717, 1.165) is 37.4 Å². The number of nitrogens with zero attached hydrogens (tertiary/aromatic N) is 3. The number of anilines is 1. The van der Waals surface area contributed by atoms with Crippen LogP contribution in [0.2, 0.25) is 0 Å². The second-order valence-corrected chi connectivity index (χ2v) is 8.09. The maximum atomic E-state index is 10.6. The molecule has 0 saturated carbocycles. The number of pyridine rings is 1. The minimum absolute atomic E-state index is 0.142. The summed E-state index contributed by atoms with van der Waals surface area (Å²) in [4.78, 5) is 6.60. The van der Waals surface area contributed by atoms with Crippen LogP contribution >= 0.6 is 12.2 Å². The quantitative estimate of drug-likeness (QED) is 0.610. The van der Waals surface area contributed by atoms with Crippen molar-refractivity contribution in [2.75, 3.05) is 11.5 Å². The van der Waals surface area contributed by atoms with Gasteiger partial charge in [-0.1, -0.05) is 18.2 Å². The van der Waals surface area contributed by atoms with Crippen LogP contribution in [0.25, 0.3) is 0 Å². The predicted octanol–water partition coefficient (Wildman–Crippen LogP) is 3.94. The number of hydrogen-bond acceptors (Lipinski definition) is 4. The van der Waals surface area contributed by atoms with E-state index in [2.05, 4.69) is 33.2 Å². The summed E-state index contributed by atoms with van der Waals surface area (Å²) in [5.41, 5.74) is 2.70. The molecule has 0 aliphatic carbocycles. The molecule has 3 atom stereocenters. The number of ether oxygens (including phenoxy) is 1. The second kappa shape index (κ2) is 8.08. The van der Waals surface area contributed by atoms with E-state index in [4.69, 9.17) is 17.0 Å². The Kier molecular flexibility index (Phi) is 5.14. The van der Waals surface area contributed by atoms with Crippen LogP contribution in [-0.4, -0.2) is 32.5 Å². The molecule has 0 spiro atoms. The van der Waals surface area contributed by atoms with Crippen molar-refractivity contribution < 1.29 is 9.84 Å². The summed E-state index contributed by atoms with van der Waals surface area (Å²) < 4.78 is 8.13. The molecule has 1 aromatic carbocycles. The van der Waals surface area contributed by atoms with Crippen molar-refractivity contribution in [2.45, 2.75) is 37.6 Å². The zero-order valence-corrected chi connectivity index (χ0v) is 17.3. The van der Waals surface area contributed by atoms with Crippen molar-refractivity contribution in [3.63, 3.8) is 0 Å². The average molecular weight is 421 g/mol. The van der Waals surface area contributed by atoms with Gasteiger partial charge in [-0.3, -0.25) is 4.98 Å². The molecule has 0 radical (unpaired) electrons. The molecule has 6 nitrogen and oxygen atoms in total. The third-order valence-corrected chi connectivity index (χ3v) is 6.15. The standard InChI is InChI=1S/C23H24N4O2S/c28-20-11-2-1-9-18(20)27-22(21(25-23(27)30)17-8-3-4-12-24-17)19-10-5-13-26(19)15-16-7-6-14-29-16/h1-5,8-13,16,21-22,28H,6-7,14-15H2,(H,25,30)/t16-,21-,22-/m1/s1. The van der Waals surface area contributed by atoms with Crippen LogP contribution < -0.4 is 10.2 Å². The highest BCUT2D eigenvalue weighted by Crippen LogP contribution is 2.44. The normalized spacial score (nSPS) is 23.7. The molecular weight excluding hydrogens is 396 g/mol. The fourth-order valence-corrected chi connectivity index (χ4v) is 4.79. The van der Waals surface area contributed by atoms with Crippen LogP contribution in [0.1, 0.15) is 36.3 Å². The maximum Gasteiger partial charge on any atom is 0.174 e. The Morgan fingerprint density at radius 2 is 2.00 bits per heavy atom. The number of aromatic nitrogens is 2. The largest absolute Gasteiger partial charge is 0.506 e. The van der Waals surface area contributed by atoms with Gasteiger partial charge in [0.1, 0.15) is 11.8 Å². The van der Waals surface area contributed by atoms with Crippen molar-refractivity contribution in [3.05, 3.63) is 78.4 Å². The van der Waals surface area contributed by atoms with E-state index in [0.29, 0.717) is 10.8 Å².